The molecule has 0 aromatic rings. The standard InChI is InChI=1S/C86H168O17P2/c1-8-11-12-13-14-15-16-17-18-19-20-21-22-23-24-25-30-33-39-48-55-62-69-85(90)102-81(73-96-83(88)67-60-53-46-38-32-29-27-26-28-31-36-44-51-58-65-78(6)9-2)75-100-104(92,93)98-71-80(87)72-99-105(94,95)101-76-82(74-97-84(89)68-61-54-47-42-41-43-50-57-64-77(4)5)103-86(91)70-63-56-49-40-35-34-37-45-52-59-66-79(7)10-3/h77-82,87H,8-76H2,1-7H3,(H,92,93)(H,94,95)/t78?,79?,80-,81-,82-/m1/s1. The van der Waals surface area contributed by atoms with Crippen molar-refractivity contribution in [2.45, 2.75) is 471 Å². The average molecular weight is 1540 g/mol. The van der Waals surface area contributed by atoms with Crippen LogP contribution in [0.5, 0.6) is 0 Å². The molecule has 7 atom stereocenters. The van der Waals surface area contributed by atoms with E-state index in [1.165, 1.54) is 263 Å². The number of aliphatic hydroxyl groups excluding tert-OH is 1. The first-order chi connectivity index (χ1) is 50.8. The maximum absolute atomic E-state index is 13.1. The fourth-order valence-electron chi connectivity index (χ4n) is 13.3. The summed E-state index contributed by atoms with van der Waals surface area (Å²) in [6.07, 6.45) is 66.7. The van der Waals surface area contributed by atoms with Crippen molar-refractivity contribution < 1.29 is 80.2 Å². The van der Waals surface area contributed by atoms with Crippen LogP contribution in [0.4, 0.5) is 0 Å². The molecule has 17 nitrogen and oxygen atoms in total. The zero-order valence-electron chi connectivity index (χ0n) is 69.2. The van der Waals surface area contributed by atoms with Crippen LogP contribution < -0.4 is 0 Å². The molecular formula is C86H168O17P2. The first kappa shape index (κ1) is 103. The Labute approximate surface area is 645 Å². The summed E-state index contributed by atoms with van der Waals surface area (Å²) >= 11 is 0. The lowest BCUT2D eigenvalue weighted by Crippen LogP contribution is -2.30. The fraction of sp³-hybridized carbons (Fsp3) is 0.953. The molecule has 0 bridgehead atoms. The Morgan fingerprint density at radius 2 is 0.486 bits per heavy atom. The summed E-state index contributed by atoms with van der Waals surface area (Å²) in [4.78, 5) is 73.2. The van der Waals surface area contributed by atoms with E-state index in [9.17, 15) is 43.2 Å². The van der Waals surface area contributed by atoms with E-state index in [-0.39, 0.29) is 25.7 Å². The van der Waals surface area contributed by atoms with Crippen molar-refractivity contribution in [2.24, 2.45) is 17.8 Å². The van der Waals surface area contributed by atoms with Crippen LogP contribution in [0.15, 0.2) is 0 Å². The van der Waals surface area contributed by atoms with Gasteiger partial charge in [-0.15, -0.1) is 0 Å². The summed E-state index contributed by atoms with van der Waals surface area (Å²) in [7, 11) is -9.93. The molecule has 0 amide bonds. The molecule has 4 unspecified atom stereocenters. The molecule has 19 heteroatoms. The first-order valence-electron chi connectivity index (χ1n) is 44.4. The van der Waals surface area contributed by atoms with Crippen LogP contribution in [0.2, 0.25) is 0 Å². The van der Waals surface area contributed by atoms with Crippen molar-refractivity contribution in [3.63, 3.8) is 0 Å². The summed E-state index contributed by atoms with van der Waals surface area (Å²) in [6, 6.07) is 0. The van der Waals surface area contributed by atoms with Gasteiger partial charge in [-0.2, -0.15) is 0 Å². The van der Waals surface area contributed by atoms with Crippen LogP contribution in [0.1, 0.15) is 453 Å². The van der Waals surface area contributed by atoms with Crippen molar-refractivity contribution in [3.8, 4) is 0 Å². The minimum Gasteiger partial charge on any atom is -0.462 e. The minimum atomic E-state index is -4.97. The molecule has 0 saturated heterocycles. The SMILES string of the molecule is CCCCCCCCCCCCCCCCCCCCCCCCC(=O)O[C@H](COC(=O)CCCCCCCCCCCCCCCCC(C)CC)COP(=O)(O)OC[C@@H](O)COP(=O)(O)OC[C@@H](COC(=O)CCCCCCCCCCC(C)C)OC(=O)CCCCCCCCCCCCC(C)CC. The molecule has 0 aromatic heterocycles. The predicted molar refractivity (Wildman–Crippen MR) is 432 cm³/mol. The number of aliphatic hydroxyl groups is 1. The Kier molecular flexibility index (Phi) is 74.7. The predicted octanol–water partition coefficient (Wildman–Crippen LogP) is 26.1. The van der Waals surface area contributed by atoms with E-state index in [2.05, 4.69) is 48.5 Å². The highest BCUT2D eigenvalue weighted by Gasteiger charge is 2.30. The van der Waals surface area contributed by atoms with E-state index in [0.717, 1.165) is 108 Å². The Morgan fingerprint density at radius 3 is 0.724 bits per heavy atom. The second kappa shape index (κ2) is 76.1. The van der Waals surface area contributed by atoms with Gasteiger partial charge in [-0.25, -0.2) is 9.13 Å². The van der Waals surface area contributed by atoms with Gasteiger partial charge in [0.2, 0.25) is 0 Å². The Balaban J connectivity index is 5.24. The molecule has 0 aliphatic rings. The van der Waals surface area contributed by atoms with Crippen molar-refractivity contribution in [1.29, 1.82) is 0 Å². The number of carbonyl (C=O) groups excluding carboxylic acids is 4. The van der Waals surface area contributed by atoms with Gasteiger partial charge in [-0.1, -0.05) is 402 Å². The highest BCUT2D eigenvalue weighted by Crippen LogP contribution is 2.45. The van der Waals surface area contributed by atoms with Crippen molar-refractivity contribution in [2.75, 3.05) is 39.6 Å². The van der Waals surface area contributed by atoms with Crippen molar-refractivity contribution in [1.82, 2.24) is 0 Å². The fourth-order valence-corrected chi connectivity index (χ4v) is 14.9. The molecule has 3 N–H and O–H groups in total. The largest absolute Gasteiger partial charge is 0.472 e. The van der Waals surface area contributed by atoms with E-state index >= 15 is 0 Å². The molecule has 0 fully saturated rings. The van der Waals surface area contributed by atoms with Crippen molar-refractivity contribution in [3.05, 3.63) is 0 Å². The molecule has 105 heavy (non-hydrogen) atoms. The number of hydrogen-bond acceptors (Lipinski definition) is 15. The molecule has 624 valence electrons. The average Bonchev–Trinajstić information content (AvgIpc) is 0.905. The summed E-state index contributed by atoms with van der Waals surface area (Å²) in [5, 5.41) is 10.7. The number of ether oxygens (including phenoxy) is 4. The molecule has 0 radical (unpaired) electrons. The third kappa shape index (κ3) is 77.2. The van der Waals surface area contributed by atoms with Crippen LogP contribution in [-0.4, -0.2) is 96.7 Å². The van der Waals surface area contributed by atoms with Gasteiger partial charge in [0.05, 0.1) is 26.4 Å². The zero-order valence-corrected chi connectivity index (χ0v) is 71.0. The van der Waals surface area contributed by atoms with E-state index in [1.54, 1.807) is 0 Å². The van der Waals surface area contributed by atoms with Crippen LogP contribution in [0.3, 0.4) is 0 Å². The number of phosphoric acid groups is 2. The summed E-state index contributed by atoms with van der Waals surface area (Å²) < 4.78 is 68.9. The third-order valence-corrected chi connectivity index (χ3v) is 22.8. The van der Waals surface area contributed by atoms with Crippen molar-refractivity contribution >= 4 is 39.5 Å². The lowest BCUT2D eigenvalue weighted by atomic mass is 9.99. The van der Waals surface area contributed by atoms with Gasteiger partial charge in [-0.05, 0) is 43.4 Å². The third-order valence-electron chi connectivity index (χ3n) is 20.9. The summed E-state index contributed by atoms with van der Waals surface area (Å²) in [5.74, 6) is 0.272. The number of rotatable bonds is 84. The molecule has 0 aliphatic carbocycles. The molecule has 0 saturated carbocycles. The number of unbranched alkanes of at least 4 members (excludes halogenated alkanes) is 50. The van der Waals surface area contributed by atoms with Gasteiger partial charge in [0, 0.05) is 25.7 Å². The van der Waals surface area contributed by atoms with E-state index < -0.39 is 97.5 Å². The monoisotopic (exact) mass is 1540 g/mol. The maximum atomic E-state index is 13.1. The lowest BCUT2D eigenvalue weighted by Gasteiger charge is -2.21. The number of hydrogen-bond donors (Lipinski definition) is 3. The second-order valence-electron chi connectivity index (χ2n) is 31.9. The molecule has 0 aliphatic heterocycles. The van der Waals surface area contributed by atoms with Gasteiger partial charge in [-0.3, -0.25) is 37.3 Å². The van der Waals surface area contributed by atoms with Gasteiger partial charge in [0.1, 0.15) is 19.3 Å². The second-order valence-corrected chi connectivity index (χ2v) is 34.8. The summed E-state index contributed by atoms with van der Waals surface area (Å²) in [5.41, 5.74) is 0. The minimum absolute atomic E-state index is 0.106. The van der Waals surface area contributed by atoms with E-state index in [1.807, 2.05) is 0 Å². The van der Waals surface area contributed by atoms with Crippen LogP contribution in [-0.2, 0) is 65.4 Å². The molecule has 0 rings (SSSR count). The molecule has 0 spiro atoms. The molecule has 0 aromatic carbocycles. The van der Waals surface area contributed by atoms with Gasteiger partial charge < -0.3 is 33.8 Å². The summed E-state index contributed by atoms with van der Waals surface area (Å²) in [6.45, 7) is 12.0. The zero-order chi connectivity index (χ0) is 77.2. The quantitative estimate of drug-likeness (QED) is 0.0222. The van der Waals surface area contributed by atoms with E-state index in [0.29, 0.717) is 25.7 Å². The topological polar surface area (TPSA) is 237 Å². The number of carbonyl (C=O) groups is 4. The molecule has 0 heterocycles. The van der Waals surface area contributed by atoms with Gasteiger partial charge in [0.15, 0.2) is 12.2 Å². The highest BCUT2D eigenvalue weighted by atomic mass is 31.2. The Hall–Kier alpha value is -1.94. The lowest BCUT2D eigenvalue weighted by molar-refractivity contribution is -0.161. The van der Waals surface area contributed by atoms with Crippen LogP contribution >= 0.6 is 15.6 Å². The number of phosphoric ester groups is 2. The highest BCUT2D eigenvalue weighted by molar-refractivity contribution is 7.47. The van der Waals surface area contributed by atoms with Gasteiger partial charge in [0.25, 0.3) is 0 Å². The normalized spacial score (nSPS) is 14.4. The van der Waals surface area contributed by atoms with Gasteiger partial charge >= 0.3 is 39.5 Å². The Morgan fingerprint density at radius 1 is 0.276 bits per heavy atom. The van der Waals surface area contributed by atoms with E-state index in [4.69, 9.17) is 37.0 Å². The molecular weight excluding hydrogens is 1370 g/mol. The maximum Gasteiger partial charge on any atom is 0.472 e. The smallest absolute Gasteiger partial charge is 0.462 e. The Bertz CT molecular complexity index is 2030. The first-order valence-corrected chi connectivity index (χ1v) is 47.4. The number of esters is 4. The van der Waals surface area contributed by atoms with Crippen LogP contribution in [0.25, 0.3) is 0 Å². The van der Waals surface area contributed by atoms with Crippen LogP contribution in [0, 0.1) is 17.8 Å².